The maximum absolute atomic E-state index is 11.8. The highest BCUT2D eigenvalue weighted by molar-refractivity contribution is 5.93. The molecule has 0 radical (unpaired) electrons. The van der Waals surface area contributed by atoms with E-state index in [0.29, 0.717) is 5.75 Å². The number of aromatic amines is 1. The van der Waals surface area contributed by atoms with E-state index < -0.39 is 5.97 Å². The van der Waals surface area contributed by atoms with Crippen LogP contribution in [0.3, 0.4) is 0 Å². The van der Waals surface area contributed by atoms with Gasteiger partial charge in [0.25, 0.3) is 0 Å². The van der Waals surface area contributed by atoms with Crippen LogP contribution in [0.25, 0.3) is 17.0 Å². The first kappa shape index (κ1) is 12.2. The molecule has 0 saturated heterocycles. The summed E-state index contributed by atoms with van der Waals surface area (Å²) < 4.78 is 5.33. The van der Waals surface area contributed by atoms with Crippen LogP contribution in [0.15, 0.2) is 66.9 Å². The topological polar surface area (TPSA) is 42.1 Å². The second kappa shape index (κ2) is 5.45. The molecule has 1 aromatic heterocycles. The molecule has 0 aliphatic heterocycles. The maximum atomic E-state index is 11.8. The molecule has 0 unspecified atom stereocenters. The molecule has 3 nitrogen and oxygen atoms in total. The van der Waals surface area contributed by atoms with Crippen LogP contribution in [0, 0.1) is 0 Å². The summed E-state index contributed by atoms with van der Waals surface area (Å²) in [6, 6.07) is 17.3. The summed E-state index contributed by atoms with van der Waals surface area (Å²) in [5.41, 5.74) is 1.91. The zero-order valence-electron chi connectivity index (χ0n) is 10.7. The lowest BCUT2D eigenvalue weighted by molar-refractivity contribution is -0.128. The van der Waals surface area contributed by atoms with E-state index in [1.165, 1.54) is 6.08 Å². The molecule has 2 aromatic carbocycles. The average molecular weight is 263 g/mol. The van der Waals surface area contributed by atoms with Crippen molar-refractivity contribution in [2.75, 3.05) is 0 Å². The normalized spacial score (nSPS) is 11.0. The van der Waals surface area contributed by atoms with Crippen LogP contribution in [0.5, 0.6) is 5.75 Å². The van der Waals surface area contributed by atoms with Crippen molar-refractivity contribution >= 4 is 22.9 Å². The minimum Gasteiger partial charge on any atom is -0.421 e. The molecule has 3 rings (SSSR count). The summed E-state index contributed by atoms with van der Waals surface area (Å²) in [7, 11) is 0. The summed E-state index contributed by atoms with van der Waals surface area (Å²) in [4.78, 5) is 14.9. The van der Waals surface area contributed by atoms with Crippen molar-refractivity contribution in [3.63, 3.8) is 0 Å². The molecule has 0 atom stereocenters. The van der Waals surface area contributed by atoms with Crippen molar-refractivity contribution in [1.29, 1.82) is 0 Å². The molecule has 3 aromatic rings. The van der Waals surface area contributed by atoms with Gasteiger partial charge in [-0.1, -0.05) is 42.5 Å². The van der Waals surface area contributed by atoms with E-state index in [9.17, 15) is 4.79 Å². The monoisotopic (exact) mass is 263 g/mol. The highest BCUT2D eigenvalue weighted by atomic mass is 16.5. The SMILES string of the molecule is O=C(C=Cc1ccccc1)Oc1c[nH]c2ccccc12. The Morgan fingerprint density at radius 2 is 1.75 bits per heavy atom. The van der Waals surface area contributed by atoms with Gasteiger partial charge in [0.1, 0.15) is 0 Å². The zero-order valence-corrected chi connectivity index (χ0v) is 10.7. The lowest BCUT2D eigenvalue weighted by atomic mass is 10.2. The third-order valence-electron chi connectivity index (χ3n) is 2.97. The fourth-order valence-corrected chi connectivity index (χ4v) is 2.00. The third-order valence-corrected chi connectivity index (χ3v) is 2.97. The number of carbonyl (C=O) groups is 1. The van der Waals surface area contributed by atoms with Gasteiger partial charge in [-0.25, -0.2) is 4.79 Å². The standard InChI is InChI=1S/C17H13NO2/c19-17(11-10-13-6-2-1-3-7-13)20-16-12-18-15-9-5-4-8-14(15)16/h1-12,18H. The molecule has 1 N–H and O–H groups in total. The Bertz CT molecular complexity index is 757. The summed E-state index contributed by atoms with van der Waals surface area (Å²) in [6.07, 6.45) is 4.85. The smallest absolute Gasteiger partial charge is 0.336 e. The van der Waals surface area contributed by atoms with Crippen molar-refractivity contribution in [3.8, 4) is 5.75 Å². The summed E-state index contributed by atoms with van der Waals surface area (Å²) in [5.74, 6) is 0.155. The van der Waals surface area contributed by atoms with Crippen LogP contribution in [-0.2, 0) is 4.79 Å². The molecule has 0 saturated carbocycles. The summed E-state index contributed by atoms with van der Waals surface area (Å²) in [5, 5.41) is 0.897. The molecule has 20 heavy (non-hydrogen) atoms. The van der Waals surface area contributed by atoms with Crippen molar-refractivity contribution in [1.82, 2.24) is 4.98 Å². The maximum Gasteiger partial charge on any atom is 0.336 e. The average Bonchev–Trinajstić information content (AvgIpc) is 2.90. The third kappa shape index (κ3) is 2.62. The van der Waals surface area contributed by atoms with Gasteiger partial charge in [0.05, 0.1) is 0 Å². The van der Waals surface area contributed by atoms with Crippen LogP contribution in [0.1, 0.15) is 5.56 Å². The van der Waals surface area contributed by atoms with Gasteiger partial charge in [0.2, 0.25) is 0 Å². The molecule has 0 bridgehead atoms. The number of rotatable bonds is 3. The minimum absolute atomic E-state index is 0.390. The molecular weight excluding hydrogens is 250 g/mol. The van der Waals surface area contributed by atoms with E-state index in [2.05, 4.69) is 4.98 Å². The van der Waals surface area contributed by atoms with Crippen LogP contribution in [0.4, 0.5) is 0 Å². The number of fused-ring (bicyclic) bond motifs is 1. The van der Waals surface area contributed by atoms with Crippen LogP contribution in [-0.4, -0.2) is 11.0 Å². The van der Waals surface area contributed by atoms with Crippen LogP contribution >= 0.6 is 0 Å². The highest BCUT2D eigenvalue weighted by Gasteiger charge is 2.06. The Hall–Kier alpha value is -2.81. The van der Waals surface area contributed by atoms with E-state index in [1.54, 1.807) is 12.3 Å². The Morgan fingerprint density at radius 3 is 2.60 bits per heavy atom. The number of H-pyrrole nitrogens is 1. The Kier molecular flexibility index (Phi) is 3.33. The van der Waals surface area contributed by atoms with Gasteiger partial charge < -0.3 is 9.72 Å². The quantitative estimate of drug-likeness (QED) is 0.577. The van der Waals surface area contributed by atoms with Gasteiger partial charge in [-0.15, -0.1) is 0 Å². The van der Waals surface area contributed by atoms with Crippen molar-refractivity contribution in [2.45, 2.75) is 0 Å². The molecule has 98 valence electrons. The van der Waals surface area contributed by atoms with Crippen molar-refractivity contribution < 1.29 is 9.53 Å². The van der Waals surface area contributed by atoms with Crippen molar-refractivity contribution in [3.05, 3.63) is 72.4 Å². The second-order valence-corrected chi connectivity index (χ2v) is 4.36. The largest absolute Gasteiger partial charge is 0.421 e. The molecule has 0 spiro atoms. The molecule has 1 heterocycles. The van der Waals surface area contributed by atoms with E-state index >= 15 is 0 Å². The van der Waals surface area contributed by atoms with Crippen LogP contribution in [0.2, 0.25) is 0 Å². The Labute approximate surface area is 116 Å². The molecule has 0 fully saturated rings. The Morgan fingerprint density at radius 1 is 1.00 bits per heavy atom. The van der Waals surface area contributed by atoms with Gasteiger partial charge >= 0.3 is 5.97 Å². The number of esters is 1. The van der Waals surface area contributed by atoms with Gasteiger partial charge in [-0.05, 0) is 23.8 Å². The second-order valence-electron chi connectivity index (χ2n) is 4.36. The Balaban J connectivity index is 1.75. The predicted octanol–water partition coefficient (Wildman–Crippen LogP) is 3.79. The van der Waals surface area contributed by atoms with E-state index in [4.69, 9.17) is 4.74 Å². The lowest BCUT2D eigenvalue weighted by Gasteiger charge is -1.98. The van der Waals surface area contributed by atoms with Crippen LogP contribution < -0.4 is 4.74 Å². The van der Waals surface area contributed by atoms with Crippen molar-refractivity contribution in [2.24, 2.45) is 0 Å². The zero-order chi connectivity index (χ0) is 13.8. The number of aromatic nitrogens is 1. The number of benzene rings is 2. The minimum atomic E-state index is -0.390. The lowest BCUT2D eigenvalue weighted by Crippen LogP contribution is -2.02. The van der Waals surface area contributed by atoms with Gasteiger partial charge in [-0.3, -0.25) is 0 Å². The first-order valence-corrected chi connectivity index (χ1v) is 6.34. The number of nitrogens with one attached hydrogen (secondary N) is 1. The fourth-order valence-electron chi connectivity index (χ4n) is 2.00. The highest BCUT2D eigenvalue weighted by Crippen LogP contribution is 2.24. The van der Waals surface area contributed by atoms with E-state index in [0.717, 1.165) is 16.5 Å². The van der Waals surface area contributed by atoms with E-state index in [1.807, 2.05) is 54.6 Å². The summed E-state index contributed by atoms with van der Waals surface area (Å²) >= 11 is 0. The first-order chi connectivity index (χ1) is 9.83. The molecule has 3 heteroatoms. The van der Waals surface area contributed by atoms with Gasteiger partial charge in [0, 0.05) is 23.2 Å². The molecule has 0 aliphatic carbocycles. The number of ether oxygens (including phenoxy) is 1. The number of para-hydroxylation sites is 1. The summed E-state index contributed by atoms with van der Waals surface area (Å²) in [6.45, 7) is 0. The van der Waals surface area contributed by atoms with Gasteiger partial charge in [0.15, 0.2) is 5.75 Å². The first-order valence-electron chi connectivity index (χ1n) is 6.34. The number of hydrogen-bond donors (Lipinski definition) is 1. The molecular formula is C17H13NO2. The predicted molar refractivity (Wildman–Crippen MR) is 79.4 cm³/mol. The fraction of sp³-hybridized carbons (Fsp3) is 0. The van der Waals surface area contributed by atoms with E-state index in [-0.39, 0.29) is 0 Å². The molecule has 0 aliphatic rings. The number of hydrogen-bond acceptors (Lipinski definition) is 2. The van der Waals surface area contributed by atoms with Gasteiger partial charge in [-0.2, -0.15) is 0 Å². The number of carbonyl (C=O) groups excluding carboxylic acids is 1. The molecule has 0 amide bonds.